The lowest BCUT2D eigenvalue weighted by atomic mass is 10.1. The number of aryl methyl sites for hydroxylation is 1. The number of rotatable bonds is 8. The molecule has 170 valence electrons. The van der Waals surface area contributed by atoms with Crippen molar-refractivity contribution in [2.24, 2.45) is 0 Å². The van der Waals surface area contributed by atoms with Crippen LogP contribution in [0, 0.1) is 6.92 Å². The zero-order valence-corrected chi connectivity index (χ0v) is 19.7. The van der Waals surface area contributed by atoms with Gasteiger partial charge in [-0.3, -0.25) is 9.36 Å². The number of aromatic nitrogens is 3. The average molecular weight is 476 g/mol. The van der Waals surface area contributed by atoms with Gasteiger partial charge in [0, 0.05) is 24.2 Å². The first kappa shape index (κ1) is 22.5. The van der Waals surface area contributed by atoms with Crippen molar-refractivity contribution in [1.29, 1.82) is 0 Å². The largest absolute Gasteiger partial charge is 0.495 e. The third-order valence-corrected chi connectivity index (χ3v) is 6.69. The van der Waals surface area contributed by atoms with Crippen molar-refractivity contribution in [3.63, 3.8) is 0 Å². The maximum atomic E-state index is 12.7. The fourth-order valence-corrected chi connectivity index (χ4v) is 4.55. The molecule has 0 radical (unpaired) electrons. The summed E-state index contributed by atoms with van der Waals surface area (Å²) in [4.78, 5) is 14.9. The molecule has 3 heterocycles. The van der Waals surface area contributed by atoms with Gasteiger partial charge in [-0.2, -0.15) is 0 Å². The zero-order chi connectivity index (χ0) is 22.5. The molecule has 0 saturated carbocycles. The van der Waals surface area contributed by atoms with Gasteiger partial charge in [0.05, 0.1) is 31.4 Å². The van der Waals surface area contributed by atoms with Gasteiger partial charge in [0.2, 0.25) is 11.9 Å². The molecule has 2 aromatic heterocycles. The van der Waals surface area contributed by atoms with Crippen molar-refractivity contribution in [3.8, 4) is 5.75 Å². The number of piperidine rings is 1. The molecule has 1 aliphatic heterocycles. The Balaban J connectivity index is 1.48. The van der Waals surface area contributed by atoms with Crippen molar-refractivity contribution in [2.45, 2.75) is 37.9 Å². The number of methoxy groups -OCH3 is 1. The number of carbonyl (C=O) groups is 1. The van der Waals surface area contributed by atoms with E-state index < -0.39 is 0 Å². The molecule has 1 aliphatic rings. The quantitative estimate of drug-likeness (QED) is 0.476. The van der Waals surface area contributed by atoms with Gasteiger partial charge in [-0.05, 0) is 49.9 Å². The van der Waals surface area contributed by atoms with E-state index in [4.69, 9.17) is 20.8 Å². The molecule has 3 aromatic rings. The first-order valence-corrected chi connectivity index (χ1v) is 11.9. The number of ether oxygens (including phenoxy) is 1. The van der Waals surface area contributed by atoms with Crippen molar-refractivity contribution in [3.05, 3.63) is 46.9 Å². The number of nitrogens with one attached hydrogen (secondary N) is 1. The fraction of sp³-hybridized carbons (Fsp3) is 0.409. The minimum absolute atomic E-state index is 0.165. The molecule has 1 saturated heterocycles. The second kappa shape index (κ2) is 10.3. The topological polar surface area (TPSA) is 85.4 Å². The van der Waals surface area contributed by atoms with E-state index in [-0.39, 0.29) is 11.7 Å². The van der Waals surface area contributed by atoms with E-state index in [1.807, 2.05) is 23.6 Å². The number of amides is 1. The predicted molar refractivity (Wildman–Crippen MR) is 126 cm³/mol. The number of furan rings is 1. The van der Waals surface area contributed by atoms with E-state index in [0.29, 0.717) is 28.2 Å². The standard InChI is InChI=1S/C22H26ClN5O3S/c1-15-11-18(19(30-2)12-17(15)23)24-20(29)14-32-22-26-25-21(27-8-4-3-5-9-27)28(22)13-16-7-6-10-31-16/h6-7,10-12H,3-5,8-9,13-14H2,1-2H3,(H,24,29). The van der Waals surface area contributed by atoms with Crippen LogP contribution in [0.3, 0.4) is 0 Å². The number of anilines is 2. The van der Waals surface area contributed by atoms with Gasteiger partial charge in [-0.1, -0.05) is 23.4 Å². The third-order valence-electron chi connectivity index (χ3n) is 5.32. The van der Waals surface area contributed by atoms with Crippen LogP contribution in [0.4, 0.5) is 11.6 Å². The number of carbonyl (C=O) groups excluding carboxylic acids is 1. The lowest BCUT2D eigenvalue weighted by Gasteiger charge is -2.27. The molecule has 0 spiro atoms. The minimum Gasteiger partial charge on any atom is -0.495 e. The number of halogens is 1. The lowest BCUT2D eigenvalue weighted by Crippen LogP contribution is -2.32. The Morgan fingerprint density at radius 2 is 2.09 bits per heavy atom. The second-order valence-corrected chi connectivity index (χ2v) is 8.98. The lowest BCUT2D eigenvalue weighted by molar-refractivity contribution is -0.113. The Hall–Kier alpha value is -2.65. The molecular weight excluding hydrogens is 450 g/mol. The molecule has 0 unspecified atom stereocenters. The summed E-state index contributed by atoms with van der Waals surface area (Å²) in [5.41, 5.74) is 1.45. The van der Waals surface area contributed by atoms with Gasteiger partial charge in [0.25, 0.3) is 0 Å². The zero-order valence-electron chi connectivity index (χ0n) is 18.1. The van der Waals surface area contributed by atoms with E-state index in [1.54, 1.807) is 25.5 Å². The van der Waals surface area contributed by atoms with Crippen LogP contribution < -0.4 is 15.0 Å². The van der Waals surface area contributed by atoms with Crippen molar-refractivity contribution in [2.75, 3.05) is 36.2 Å². The van der Waals surface area contributed by atoms with Crippen molar-refractivity contribution < 1.29 is 13.9 Å². The molecule has 0 bridgehead atoms. The third kappa shape index (κ3) is 5.21. The Morgan fingerprint density at radius 3 is 2.81 bits per heavy atom. The van der Waals surface area contributed by atoms with Crippen molar-refractivity contribution in [1.82, 2.24) is 14.8 Å². The molecule has 0 aliphatic carbocycles. The molecule has 8 nitrogen and oxygen atoms in total. The summed E-state index contributed by atoms with van der Waals surface area (Å²) in [5.74, 6) is 2.17. The van der Waals surface area contributed by atoms with Gasteiger partial charge in [0.15, 0.2) is 5.16 Å². The van der Waals surface area contributed by atoms with Crippen LogP contribution in [0.15, 0.2) is 40.1 Å². The van der Waals surface area contributed by atoms with Crippen molar-refractivity contribution >= 4 is 40.9 Å². The van der Waals surface area contributed by atoms with Gasteiger partial charge in [0.1, 0.15) is 11.5 Å². The molecule has 1 fully saturated rings. The van der Waals surface area contributed by atoms with E-state index in [0.717, 1.165) is 43.2 Å². The van der Waals surface area contributed by atoms with E-state index in [1.165, 1.54) is 18.2 Å². The predicted octanol–water partition coefficient (Wildman–Crippen LogP) is 4.61. The Morgan fingerprint density at radius 1 is 1.28 bits per heavy atom. The normalized spacial score (nSPS) is 13.9. The highest BCUT2D eigenvalue weighted by Gasteiger charge is 2.22. The van der Waals surface area contributed by atoms with E-state index >= 15 is 0 Å². The second-order valence-electron chi connectivity index (χ2n) is 7.63. The van der Waals surface area contributed by atoms with Crippen LogP contribution in [0.2, 0.25) is 5.02 Å². The highest BCUT2D eigenvalue weighted by Crippen LogP contribution is 2.31. The molecule has 0 atom stereocenters. The number of benzene rings is 1. The molecule has 1 N–H and O–H groups in total. The fourth-order valence-electron chi connectivity index (χ4n) is 3.66. The van der Waals surface area contributed by atoms with Crippen LogP contribution >= 0.6 is 23.4 Å². The van der Waals surface area contributed by atoms with Crippen LogP contribution in [-0.2, 0) is 11.3 Å². The molecular formula is C22H26ClN5O3S. The molecule has 4 rings (SSSR count). The van der Waals surface area contributed by atoms with E-state index in [2.05, 4.69) is 20.4 Å². The number of nitrogens with zero attached hydrogens (tertiary/aromatic N) is 4. The Kier molecular flexibility index (Phi) is 7.26. The Bertz CT molecular complexity index is 1060. The monoisotopic (exact) mass is 475 g/mol. The number of thioether (sulfide) groups is 1. The summed E-state index contributed by atoms with van der Waals surface area (Å²) in [6, 6.07) is 7.29. The highest BCUT2D eigenvalue weighted by molar-refractivity contribution is 7.99. The van der Waals surface area contributed by atoms with Crippen LogP contribution in [0.1, 0.15) is 30.6 Å². The van der Waals surface area contributed by atoms with Crippen LogP contribution in [0.25, 0.3) is 0 Å². The summed E-state index contributed by atoms with van der Waals surface area (Å²) >= 11 is 7.50. The Labute approximate surface area is 196 Å². The van der Waals surface area contributed by atoms with Crippen LogP contribution in [-0.4, -0.2) is 46.6 Å². The van der Waals surface area contributed by atoms with Gasteiger partial charge in [-0.25, -0.2) is 0 Å². The van der Waals surface area contributed by atoms with Gasteiger partial charge in [-0.15, -0.1) is 10.2 Å². The minimum atomic E-state index is -0.165. The molecule has 1 amide bonds. The van der Waals surface area contributed by atoms with Crippen LogP contribution in [0.5, 0.6) is 5.75 Å². The van der Waals surface area contributed by atoms with Gasteiger partial charge >= 0.3 is 0 Å². The summed E-state index contributed by atoms with van der Waals surface area (Å²) in [5, 5.41) is 13.0. The first-order valence-electron chi connectivity index (χ1n) is 10.5. The summed E-state index contributed by atoms with van der Waals surface area (Å²) in [6.07, 6.45) is 5.17. The molecule has 32 heavy (non-hydrogen) atoms. The summed E-state index contributed by atoms with van der Waals surface area (Å²) in [6.45, 7) is 4.31. The number of hydrogen-bond donors (Lipinski definition) is 1. The molecule has 1 aromatic carbocycles. The SMILES string of the molecule is COc1cc(Cl)c(C)cc1NC(=O)CSc1nnc(N2CCCCC2)n1Cc1ccco1. The van der Waals surface area contributed by atoms with Gasteiger partial charge < -0.3 is 19.4 Å². The highest BCUT2D eigenvalue weighted by atomic mass is 35.5. The maximum absolute atomic E-state index is 12.7. The molecule has 10 heteroatoms. The summed E-state index contributed by atoms with van der Waals surface area (Å²) < 4.78 is 12.9. The average Bonchev–Trinajstić information content (AvgIpc) is 3.46. The smallest absolute Gasteiger partial charge is 0.234 e. The number of hydrogen-bond acceptors (Lipinski definition) is 7. The first-order chi connectivity index (χ1) is 15.5. The van der Waals surface area contributed by atoms with E-state index in [9.17, 15) is 4.79 Å². The maximum Gasteiger partial charge on any atom is 0.234 e. The summed E-state index contributed by atoms with van der Waals surface area (Å²) in [7, 11) is 1.55.